The topological polar surface area (TPSA) is 3.24 Å². The lowest BCUT2D eigenvalue weighted by Gasteiger charge is -2.36. The average Bonchev–Trinajstić information content (AvgIpc) is 2.77. The molecule has 3 saturated carbocycles. The monoisotopic (exact) mass is 269 g/mol. The Balaban J connectivity index is 1.66. The Morgan fingerprint density at radius 3 is 2.21 bits per heavy atom. The van der Waals surface area contributed by atoms with Gasteiger partial charge in [-0.3, -0.25) is 4.90 Å². The van der Waals surface area contributed by atoms with Crippen LogP contribution < -0.4 is 0 Å². The van der Waals surface area contributed by atoms with Crippen molar-refractivity contribution in [1.29, 1.82) is 0 Å². The summed E-state index contributed by atoms with van der Waals surface area (Å²) in [5, 5.41) is 0. The van der Waals surface area contributed by atoms with Crippen LogP contribution >= 0.6 is 0 Å². The van der Waals surface area contributed by atoms with Gasteiger partial charge in [0, 0.05) is 30.5 Å². The number of hydrogen-bond acceptors (Lipinski definition) is 1. The molecule has 19 heavy (non-hydrogen) atoms. The Kier molecular flexibility index (Phi) is 2.33. The summed E-state index contributed by atoms with van der Waals surface area (Å²) in [6.07, 6.45) is 1.11. The Morgan fingerprint density at radius 2 is 1.63 bits per heavy atom. The lowest BCUT2D eigenvalue weighted by Crippen LogP contribution is -2.43. The van der Waals surface area contributed by atoms with Gasteiger partial charge in [-0.15, -0.1) is 0 Å². The lowest BCUT2D eigenvalue weighted by molar-refractivity contribution is 0.0432. The highest BCUT2D eigenvalue weighted by Gasteiger charge is 2.83. The second kappa shape index (κ2) is 3.52. The van der Waals surface area contributed by atoms with Crippen LogP contribution in [0.25, 0.3) is 0 Å². The predicted molar refractivity (Wildman–Crippen MR) is 71.0 cm³/mol. The highest BCUT2D eigenvalue weighted by molar-refractivity contribution is 5.25. The zero-order valence-corrected chi connectivity index (χ0v) is 12.3. The van der Waals surface area contributed by atoms with Crippen LogP contribution in [0.3, 0.4) is 0 Å². The molecule has 0 amide bonds. The van der Waals surface area contributed by atoms with E-state index >= 15 is 0 Å². The molecule has 0 aromatic heterocycles. The smallest absolute Gasteiger partial charge is 0.255 e. The molecule has 1 saturated heterocycles. The number of alkyl halides is 2. The van der Waals surface area contributed by atoms with E-state index in [-0.39, 0.29) is 11.8 Å². The molecule has 1 heterocycles. The fraction of sp³-hybridized carbons (Fsp3) is 1.00. The fourth-order valence-electron chi connectivity index (χ4n) is 6.26. The van der Waals surface area contributed by atoms with Gasteiger partial charge in [0.25, 0.3) is 5.92 Å². The summed E-state index contributed by atoms with van der Waals surface area (Å²) in [5.41, 5.74) is 0. The molecule has 4 rings (SSSR count). The largest absolute Gasteiger partial charge is 0.297 e. The van der Waals surface area contributed by atoms with Crippen LogP contribution in [0, 0.1) is 41.4 Å². The number of nitrogens with zero attached hydrogens (tertiary/aromatic N) is 1. The lowest BCUT2D eigenvalue weighted by atomic mass is 9.75. The minimum Gasteiger partial charge on any atom is -0.297 e. The summed E-state index contributed by atoms with van der Waals surface area (Å²) in [6.45, 7) is 10.1. The van der Waals surface area contributed by atoms with Crippen molar-refractivity contribution < 1.29 is 8.78 Å². The number of halogens is 2. The maximum absolute atomic E-state index is 13.9. The van der Waals surface area contributed by atoms with Crippen molar-refractivity contribution >= 4 is 0 Å². The van der Waals surface area contributed by atoms with Crippen LogP contribution in [0.1, 0.15) is 34.1 Å². The molecule has 0 aromatic carbocycles. The molecular formula is C16H25F2N. The van der Waals surface area contributed by atoms with E-state index in [9.17, 15) is 8.78 Å². The van der Waals surface area contributed by atoms with Crippen LogP contribution in [0.5, 0.6) is 0 Å². The number of fused-ring (bicyclic) bond motifs is 8. The SMILES string of the molecule is CC(C)C1C2C(CN1C(C)C)C1CC2C2C1C2(F)F. The molecule has 1 aliphatic heterocycles. The summed E-state index contributed by atoms with van der Waals surface area (Å²) < 4.78 is 27.7. The zero-order valence-electron chi connectivity index (χ0n) is 12.3. The third-order valence-electron chi connectivity index (χ3n) is 6.72. The third-order valence-corrected chi connectivity index (χ3v) is 6.72. The van der Waals surface area contributed by atoms with Gasteiger partial charge in [0.1, 0.15) is 0 Å². The molecule has 0 aromatic rings. The van der Waals surface area contributed by atoms with Crippen LogP contribution in [0.2, 0.25) is 0 Å². The van der Waals surface area contributed by atoms with Crippen molar-refractivity contribution in [1.82, 2.24) is 4.90 Å². The third kappa shape index (κ3) is 1.33. The molecule has 0 N–H and O–H groups in total. The standard InChI is InChI=1S/C16H25F2N/c1-7(2)15-12-10-5-9(13-14(10)16(13,17)18)11(12)6-19(15)8(3)4/h7-15H,5-6H2,1-4H3. The van der Waals surface area contributed by atoms with E-state index in [1.54, 1.807) is 0 Å². The van der Waals surface area contributed by atoms with Crippen LogP contribution in [-0.4, -0.2) is 29.5 Å². The van der Waals surface area contributed by atoms with Gasteiger partial charge >= 0.3 is 0 Å². The van der Waals surface area contributed by atoms with Crippen molar-refractivity contribution in [2.75, 3.05) is 6.54 Å². The fourth-order valence-corrected chi connectivity index (χ4v) is 6.26. The quantitative estimate of drug-likeness (QED) is 0.741. The average molecular weight is 269 g/mol. The summed E-state index contributed by atoms with van der Waals surface area (Å²) in [6, 6.07) is 1.09. The Hall–Kier alpha value is -0.180. The number of likely N-dealkylation sites (tertiary alicyclic amines) is 1. The Bertz CT molecular complexity index is 406. The summed E-state index contributed by atoms with van der Waals surface area (Å²) >= 11 is 0. The Labute approximate surface area is 114 Å². The molecule has 7 atom stereocenters. The normalized spacial score (nSPS) is 54.0. The van der Waals surface area contributed by atoms with Crippen LogP contribution in [-0.2, 0) is 0 Å². The van der Waals surface area contributed by atoms with Crippen molar-refractivity contribution in [3.63, 3.8) is 0 Å². The van der Waals surface area contributed by atoms with Gasteiger partial charge in [0.2, 0.25) is 0 Å². The molecule has 3 aliphatic carbocycles. The van der Waals surface area contributed by atoms with Crippen molar-refractivity contribution in [2.45, 2.75) is 52.1 Å². The van der Waals surface area contributed by atoms with E-state index in [4.69, 9.17) is 0 Å². The van der Waals surface area contributed by atoms with E-state index in [1.807, 2.05) is 0 Å². The van der Waals surface area contributed by atoms with E-state index in [0.29, 0.717) is 41.7 Å². The minimum atomic E-state index is -2.30. The van der Waals surface area contributed by atoms with Gasteiger partial charge in [-0.1, -0.05) is 13.8 Å². The second-order valence-corrected chi connectivity index (χ2v) is 8.06. The van der Waals surface area contributed by atoms with Crippen molar-refractivity contribution in [3.8, 4) is 0 Å². The summed E-state index contributed by atoms with van der Waals surface area (Å²) in [7, 11) is 0. The molecule has 0 spiro atoms. The molecular weight excluding hydrogens is 244 g/mol. The molecule has 7 unspecified atom stereocenters. The first-order chi connectivity index (χ1) is 8.85. The Morgan fingerprint density at radius 1 is 1.00 bits per heavy atom. The van der Waals surface area contributed by atoms with E-state index in [0.717, 1.165) is 13.0 Å². The van der Waals surface area contributed by atoms with Gasteiger partial charge in [-0.2, -0.15) is 0 Å². The predicted octanol–water partition coefficient (Wildman–Crippen LogP) is 3.50. The molecule has 3 heteroatoms. The first kappa shape index (κ1) is 12.6. The first-order valence-electron chi connectivity index (χ1n) is 7.99. The molecule has 108 valence electrons. The second-order valence-electron chi connectivity index (χ2n) is 8.06. The maximum Gasteiger partial charge on any atom is 0.255 e. The molecule has 1 nitrogen and oxygen atoms in total. The molecule has 2 bridgehead atoms. The molecule has 4 fully saturated rings. The van der Waals surface area contributed by atoms with Crippen molar-refractivity contribution in [2.24, 2.45) is 41.4 Å². The van der Waals surface area contributed by atoms with Crippen LogP contribution in [0.4, 0.5) is 8.78 Å². The highest BCUT2D eigenvalue weighted by Crippen LogP contribution is 2.78. The summed E-state index contributed by atoms with van der Waals surface area (Å²) in [5.74, 6) is -0.418. The van der Waals surface area contributed by atoms with Gasteiger partial charge in [0.15, 0.2) is 0 Å². The van der Waals surface area contributed by atoms with E-state index < -0.39 is 5.92 Å². The molecule has 0 radical (unpaired) electrons. The minimum absolute atomic E-state index is 0.237. The molecule has 4 aliphatic rings. The van der Waals surface area contributed by atoms with Crippen LogP contribution in [0.15, 0.2) is 0 Å². The first-order valence-corrected chi connectivity index (χ1v) is 7.99. The maximum atomic E-state index is 13.9. The number of hydrogen-bond donors (Lipinski definition) is 0. The van der Waals surface area contributed by atoms with Crippen molar-refractivity contribution in [3.05, 3.63) is 0 Å². The van der Waals surface area contributed by atoms with Gasteiger partial charge in [0.05, 0.1) is 0 Å². The van der Waals surface area contributed by atoms with Gasteiger partial charge in [-0.25, -0.2) is 8.78 Å². The van der Waals surface area contributed by atoms with Gasteiger partial charge in [-0.05, 0) is 49.9 Å². The van der Waals surface area contributed by atoms with Gasteiger partial charge < -0.3 is 0 Å². The van der Waals surface area contributed by atoms with E-state index in [1.165, 1.54) is 0 Å². The van der Waals surface area contributed by atoms with E-state index in [2.05, 4.69) is 32.6 Å². The summed E-state index contributed by atoms with van der Waals surface area (Å²) in [4.78, 5) is 2.61. The highest BCUT2D eigenvalue weighted by atomic mass is 19.3. The number of rotatable bonds is 2. The zero-order chi connectivity index (χ0) is 13.7.